The summed E-state index contributed by atoms with van der Waals surface area (Å²) in [4.78, 5) is 7.05. The largest absolute Gasteiger partial charge is 0.431 e. The molecule has 0 atom stereocenters. The number of hydrogen-bond acceptors (Lipinski definition) is 6. The van der Waals surface area contributed by atoms with Gasteiger partial charge in [-0.2, -0.15) is 0 Å². The van der Waals surface area contributed by atoms with E-state index >= 15 is 0 Å². The summed E-state index contributed by atoms with van der Waals surface area (Å²) < 4.78 is 12.5. The molecule has 1 heterocycles. The Kier molecular flexibility index (Phi) is 7.11. The molecule has 0 radical (unpaired) electrons. The summed E-state index contributed by atoms with van der Waals surface area (Å²) in [7, 11) is 0. The third kappa shape index (κ3) is 6.00. The molecular formula is C23H28N2O3S. The van der Waals surface area contributed by atoms with Crippen molar-refractivity contribution in [1.82, 2.24) is 9.88 Å². The summed E-state index contributed by atoms with van der Waals surface area (Å²) in [5.41, 5.74) is 2.31. The zero-order chi connectivity index (χ0) is 19.9. The Morgan fingerprint density at radius 2 is 1.86 bits per heavy atom. The molecule has 0 aliphatic heterocycles. The van der Waals surface area contributed by atoms with Gasteiger partial charge in [-0.05, 0) is 62.1 Å². The minimum absolute atomic E-state index is 0.0993. The van der Waals surface area contributed by atoms with Gasteiger partial charge in [0.05, 0.1) is 30.0 Å². The van der Waals surface area contributed by atoms with Crippen LogP contribution in [-0.2, 0) is 11.2 Å². The summed E-state index contributed by atoms with van der Waals surface area (Å²) in [6, 6.07) is 17.2. The second-order valence-corrected chi connectivity index (χ2v) is 8.39. The van der Waals surface area contributed by atoms with Gasteiger partial charge in [-0.1, -0.05) is 35.6 Å². The first-order valence-corrected chi connectivity index (χ1v) is 11.2. The van der Waals surface area contributed by atoms with Gasteiger partial charge in [0.15, 0.2) is 0 Å². The van der Waals surface area contributed by atoms with Gasteiger partial charge in [-0.3, -0.25) is 4.90 Å². The number of aliphatic hydroxyl groups excluding tert-OH is 1. The molecule has 154 valence electrons. The maximum absolute atomic E-state index is 8.81. The van der Waals surface area contributed by atoms with E-state index in [4.69, 9.17) is 14.6 Å². The molecule has 1 N–H and O–H groups in total. The third-order valence-electron chi connectivity index (χ3n) is 5.14. The summed E-state index contributed by atoms with van der Waals surface area (Å²) in [5, 5.41) is 9.49. The quantitative estimate of drug-likeness (QED) is 0.444. The molecule has 29 heavy (non-hydrogen) atoms. The van der Waals surface area contributed by atoms with Crippen molar-refractivity contribution in [2.24, 2.45) is 0 Å². The second kappa shape index (κ2) is 10.2. The lowest BCUT2D eigenvalue weighted by Gasteiger charge is -2.21. The highest BCUT2D eigenvalue weighted by Crippen LogP contribution is 2.31. The van der Waals surface area contributed by atoms with Crippen molar-refractivity contribution in [1.29, 1.82) is 0 Å². The Morgan fingerprint density at radius 1 is 1.03 bits per heavy atom. The highest BCUT2D eigenvalue weighted by molar-refractivity contribution is 7.20. The van der Waals surface area contributed by atoms with E-state index in [0.717, 1.165) is 47.9 Å². The van der Waals surface area contributed by atoms with E-state index in [1.54, 1.807) is 11.3 Å². The lowest BCUT2D eigenvalue weighted by atomic mass is 10.1. The van der Waals surface area contributed by atoms with Crippen LogP contribution in [0.1, 0.15) is 24.8 Å². The predicted octanol–water partition coefficient (Wildman–Crippen LogP) is 4.49. The monoisotopic (exact) mass is 412 g/mol. The van der Waals surface area contributed by atoms with Gasteiger partial charge in [0.1, 0.15) is 5.75 Å². The van der Waals surface area contributed by atoms with Gasteiger partial charge in [0.2, 0.25) is 0 Å². The lowest BCUT2D eigenvalue weighted by Crippen LogP contribution is -2.31. The molecule has 0 amide bonds. The number of thiazole rings is 1. The average molecular weight is 413 g/mol. The van der Waals surface area contributed by atoms with Crippen LogP contribution in [0.15, 0.2) is 48.5 Å². The molecule has 1 fully saturated rings. The molecule has 5 nitrogen and oxygen atoms in total. The molecular weight excluding hydrogens is 384 g/mol. The van der Waals surface area contributed by atoms with Crippen molar-refractivity contribution in [3.05, 3.63) is 54.1 Å². The molecule has 0 spiro atoms. The first kappa shape index (κ1) is 20.3. The van der Waals surface area contributed by atoms with E-state index in [2.05, 4.69) is 28.1 Å². The van der Waals surface area contributed by atoms with Crippen LogP contribution >= 0.6 is 11.3 Å². The smallest absolute Gasteiger partial charge is 0.279 e. The van der Waals surface area contributed by atoms with Crippen molar-refractivity contribution < 1.29 is 14.6 Å². The summed E-state index contributed by atoms with van der Waals surface area (Å²) in [5.74, 6) is 0.827. The molecule has 2 aromatic carbocycles. The topological polar surface area (TPSA) is 54.8 Å². The molecule has 1 aromatic heterocycles. The van der Waals surface area contributed by atoms with Crippen LogP contribution in [0, 0.1) is 0 Å². The average Bonchev–Trinajstić information content (AvgIpc) is 3.50. The number of hydrogen-bond donors (Lipinski definition) is 1. The van der Waals surface area contributed by atoms with Crippen LogP contribution in [0.4, 0.5) is 0 Å². The highest BCUT2D eigenvalue weighted by atomic mass is 32.1. The first-order valence-electron chi connectivity index (χ1n) is 10.4. The van der Waals surface area contributed by atoms with E-state index in [9.17, 15) is 0 Å². The van der Waals surface area contributed by atoms with E-state index in [0.29, 0.717) is 18.4 Å². The van der Waals surface area contributed by atoms with E-state index in [-0.39, 0.29) is 6.61 Å². The van der Waals surface area contributed by atoms with Gasteiger partial charge in [0.25, 0.3) is 5.19 Å². The van der Waals surface area contributed by atoms with Crippen molar-refractivity contribution in [2.45, 2.75) is 31.7 Å². The molecule has 1 aliphatic rings. The minimum atomic E-state index is 0.0993. The number of nitrogens with zero attached hydrogens (tertiary/aromatic N) is 2. The van der Waals surface area contributed by atoms with Gasteiger partial charge in [-0.25, -0.2) is 4.98 Å². The predicted molar refractivity (Wildman–Crippen MR) is 117 cm³/mol. The van der Waals surface area contributed by atoms with Crippen molar-refractivity contribution in [2.75, 3.05) is 32.9 Å². The number of aliphatic hydroxyl groups is 1. The fourth-order valence-corrected chi connectivity index (χ4v) is 4.31. The van der Waals surface area contributed by atoms with Crippen LogP contribution in [0.2, 0.25) is 0 Å². The molecule has 1 aliphatic carbocycles. The van der Waals surface area contributed by atoms with Gasteiger partial charge in [-0.15, -0.1) is 0 Å². The van der Waals surface area contributed by atoms with Crippen LogP contribution in [0.3, 0.4) is 0 Å². The van der Waals surface area contributed by atoms with Crippen LogP contribution in [0.25, 0.3) is 10.2 Å². The summed E-state index contributed by atoms with van der Waals surface area (Å²) in [6.07, 6.45) is 4.80. The van der Waals surface area contributed by atoms with E-state index in [1.165, 1.54) is 18.4 Å². The van der Waals surface area contributed by atoms with Crippen molar-refractivity contribution in [3.8, 4) is 10.9 Å². The number of ether oxygens (including phenoxy) is 2. The molecule has 6 heteroatoms. The third-order valence-corrected chi connectivity index (χ3v) is 6.05. The Bertz CT molecular complexity index is 860. The highest BCUT2D eigenvalue weighted by Gasteiger charge is 2.28. The molecule has 4 rings (SSSR count). The number of aromatic nitrogens is 1. The molecule has 1 saturated carbocycles. The van der Waals surface area contributed by atoms with Gasteiger partial charge in [0, 0.05) is 12.6 Å². The van der Waals surface area contributed by atoms with Crippen LogP contribution < -0.4 is 4.74 Å². The zero-order valence-corrected chi connectivity index (χ0v) is 17.4. The lowest BCUT2D eigenvalue weighted by molar-refractivity contribution is 0.0716. The number of rotatable bonds is 12. The molecule has 0 unspecified atom stereocenters. The standard InChI is InChI=1S/C23H28N2O3S/c26-15-17-27-16-14-25(19-9-10-19)13-3-4-18-7-11-20(12-8-18)28-23-24-21-5-1-2-6-22(21)29-23/h1-2,5-8,11-12,19,26H,3-4,9-10,13-17H2. The number of aryl methyl sites for hydroxylation is 1. The fourth-order valence-electron chi connectivity index (χ4n) is 3.47. The molecule has 3 aromatic rings. The molecule has 0 bridgehead atoms. The second-order valence-electron chi connectivity index (χ2n) is 7.40. The first-order chi connectivity index (χ1) is 14.3. The zero-order valence-electron chi connectivity index (χ0n) is 16.6. The number of fused-ring (bicyclic) bond motifs is 1. The normalized spacial score (nSPS) is 14.0. The maximum Gasteiger partial charge on any atom is 0.279 e. The molecule has 0 saturated heterocycles. The Morgan fingerprint density at radius 3 is 2.62 bits per heavy atom. The summed E-state index contributed by atoms with van der Waals surface area (Å²) in [6.45, 7) is 3.29. The Hall–Kier alpha value is -1.99. The number of benzene rings is 2. The van der Waals surface area contributed by atoms with Crippen LogP contribution in [-0.4, -0.2) is 53.9 Å². The SMILES string of the molecule is OCCOCCN(CCCc1ccc(Oc2nc3ccccc3s2)cc1)C1CC1. The summed E-state index contributed by atoms with van der Waals surface area (Å²) >= 11 is 1.57. The van der Waals surface area contributed by atoms with Crippen molar-refractivity contribution in [3.63, 3.8) is 0 Å². The van der Waals surface area contributed by atoms with Crippen molar-refractivity contribution >= 4 is 21.6 Å². The fraction of sp³-hybridized carbons (Fsp3) is 0.435. The Balaban J connectivity index is 1.23. The minimum Gasteiger partial charge on any atom is -0.431 e. The van der Waals surface area contributed by atoms with E-state index < -0.39 is 0 Å². The Labute approximate surface area is 175 Å². The number of para-hydroxylation sites is 1. The van der Waals surface area contributed by atoms with Crippen LogP contribution in [0.5, 0.6) is 10.9 Å². The van der Waals surface area contributed by atoms with Gasteiger partial charge < -0.3 is 14.6 Å². The van der Waals surface area contributed by atoms with Gasteiger partial charge >= 0.3 is 0 Å². The maximum atomic E-state index is 8.81. The van der Waals surface area contributed by atoms with E-state index in [1.807, 2.05) is 30.3 Å².